The van der Waals surface area contributed by atoms with Crippen LogP contribution >= 0.6 is 0 Å². The van der Waals surface area contributed by atoms with Crippen molar-refractivity contribution >= 4 is 5.65 Å². The molecule has 0 radical (unpaired) electrons. The summed E-state index contributed by atoms with van der Waals surface area (Å²) in [5, 5.41) is 0. The maximum absolute atomic E-state index is 12.6. The van der Waals surface area contributed by atoms with Crippen LogP contribution in [0.3, 0.4) is 0 Å². The van der Waals surface area contributed by atoms with Crippen molar-refractivity contribution in [2.45, 2.75) is 26.2 Å². The lowest BCUT2D eigenvalue weighted by molar-refractivity contribution is -0.908. The van der Waals surface area contributed by atoms with E-state index in [0.29, 0.717) is 24.4 Å². The molecule has 2 aromatic heterocycles. The molecule has 0 amide bonds. The van der Waals surface area contributed by atoms with Gasteiger partial charge in [0.25, 0.3) is 5.56 Å². The third kappa shape index (κ3) is 3.94. The van der Waals surface area contributed by atoms with Crippen LogP contribution in [0.5, 0.6) is 0 Å². The highest BCUT2D eigenvalue weighted by atomic mass is 19.4. The molecule has 2 heterocycles. The number of benzene rings is 1. The molecule has 0 spiro atoms. The molecule has 4 nitrogen and oxygen atoms in total. The van der Waals surface area contributed by atoms with Gasteiger partial charge in [0.2, 0.25) is 0 Å². The molecule has 0 saturated heterocycles. The fraction of sp³-hybridized carbons (Fsp3) is 0.263. The summed E-state index contributed by atoms with van der Waals surface area (Å²) in [4.78, 5) is 17.8. The quantitative estimate of drug-likeness (QED) is 0.773. The number of alkyl halides is 3. The maximum atomic E-state index is 12.6. The van der Waals surface area contributed by atoms with E-state index in [1.165, 1.54) is 18.2 Å². The Balaban J connectivity index is 1.75. The van der Waals surface area contributed by atoms with Gasteiger partial charge in [-0.25, -0.2) is 4.98 Å². The summed E-state index contributed by atoms with van der Waals surface area (Å²) in [6, 6.07) is 12.1. The van der Waals surface area contributed by atoms with Gasteiger partial charge in [-0.1, -0.05) is 18.2 Å². The Morgan fingerprint density at radius 1 is 1.08 bits per heavy atom. The summed E-state index contributed by atoms with van der Waals surface area (Å²) in [5.74, 6) is 0. The molecule has 0 aliphatic heterocycles. The predicted molar refractivity (Wildman–Crippen MR) is 91.9 cm³/mol. The van der Waals surface area contributed by atoms with Gasteiger partial charge in [-0.3, -0.25) is 9.20 Å². The first-order chi connectivity index (χ1) is 12.2. The summed E-state index contributed by atoms with van der Waals surface area (Å²) in [5.41, 5.74) is 2.07. The lowest BCUT2D eigenvalue weighted by atomic mass is 10.1. The summed E-state index contributed by atoms with van der Waals surface area (Å²) in [6.45, 7) is 2.88. The third-order valence-electron chi connectivity index (χ3n) is 4.20. The molecule has 0 aliphatic carbocycles. The fourth-order valence-corrected chi connectivity index (χ4v) is 2.99. The van der Waals surface area contributed by atoms with Gasteiger partial charge in [0.15, 0.2) is 0 Å². The summed E-state index contributed by atoms with van der Waals surface area (Å²) in [6.07, 6.45) is -4.33. The van der Waals surface area contributed by atoms with Crippen molar-refractivity contribution in [1.82, 2.24) is 9.38 Å². The average molecular weight is 362 g/mol. The molecule has 1 unspecified atom stereocenters. The number of rotatable bonds is 4. The second-order valence-corrected chi connectivity index (χ2v) is 6.45. The Morgan fingerprint density at radius 2 is 1.77 bits per heavy atom. The number of aromatic nitrogens is 2. The Bertz CT molecular complexity index is 978. The van der Waals surface area contributed by atoms with Crippen molar-refractivity contribution in [3.63, 3.8) is 0 Å². The van der Waals surface area contributed by atoms with Crippen molar-refractivity contribution in [3.05, 3.63) is 81.4 Å². The maximum Gasteiger partial charge on any atom is 0.416 e. The molecule has 1 atom stereocenters. The Kier molecular flexibility index (Phi) is 4.82. The van der Waals surface area contributed by atoms with Crippen molar-refractivity contribution < 1.29 is 18.1 Å². The van der Waals surface area contributed by atoms with E-state index >= 15 is 0 Å². The van der Waals surface area contributed by atoms with Gasteiger partial charge >= 0.3 is 6.18 Å². The highest BCUT2D eigenvalue weighted by Gasteiger charge is 2.30. The minimum absolute atomic E-state index is 0.134. The van der Waals surface area contributed by atoms with E-state index in [9.17, 15) is 18.0 Å². The standard InChI is InChI=1S/C19H18F3N3O/c1-13-4-3-5-17-23-16(10-18(26)25(13)17)12-24(2)11-14-6-8-15(9-7-14)19(20,21)22/h3-10H,11-12H2,1-2H3/p+1. The van der Waals surface area contributed by atoms with Crippen LogP contribution < -0.4 is 10.5 Å². The molecular formula is C19H19F3N3O+. The van der Waals surface area contributed by atoms with Crippen LogP contribution in [0.4, 0.5) is 13.2 Å². The number of nitrogens with zero attached hydrogens (tertiary/aromatic N) is 2. The SMILES string of the molecule is Cc1cccc2nc(C[NH+](C)Cc3ccc(C(F)(F)F)cc3)cc(=O)n12. The van der Waals surface area contributed by atoms with Crippen molar-refractivity contribution in [3.8, 4) is 0 Å². The van der Waals surface area contributed by atoms with Gasteiger partial charge in [0.1, 0.15) is 24.4 Å². The number of quaternary nitrogens is 1. The topological polar surface area (TPSA) is 38.8 Å². The minimum Gasteiger partial charge on any atom is -0.329 e. The van der Waals surface area contributed by atoms with Crippen LogP contribution in [-0.2, 0) is 19.3 Å². The van der Waals surface area contributed by atoms with Crippen LogP contribution in [0.1, 0.15) is 22.5 Å². The number of fused-ring (bicyclic) bond motifs is 1. The number of hydrogen-bond acceptors (Lipinski definition) is 2. The molecular weight excluding hydrogens is 343 g/mol. The van der Waals surface area contributed by atoms with E-state index in [1.807, 2.05) is 26.1 Å². The summed E-state index contributed by atoms with van der Waals surface area (Å²) in [7, 11) is 1.91. The van der Waals surface area contributed by atoms with E-state index in [4.69, 9.17) is 0 Å². The molecule has 0 fully saturated rings. The molecule has 3 aromatic rings. The first kappa shape index (κ1) is 18.1. The van der Waals surface area contributed by atoms with Crippen LogP contribution in [0.15, 0.2) is 53.3 Å². The number of pyridine rings is 1. The highest BCUT2D eigenvalue weighted by molar-refractivity contribution is 5.40. The molecule has 1 N–H and O–H groups in total. The lowest BCUT2D eigenvalue weighted by Crippen LogP contribution is -3.06. The molecule has 26 heavy (non-hydrogen) atoms. The van der Waals surface area contributed by atoms with Crippen LogP contribution in [0, 0.1) is 6.92 Å². The first-order valence-electron chi connectivity index (χ1n) is 8.20. The second-order valence-electron chi connectivity index (χ2n) is 6.45. The fourth-order valence-electron chi connectivity index (χ4n) is 2.99. The number of aryl methyl sites for hydroxylation is 1. The molecule has 0 saturated carbocycles. The van der Waals surface area contributed by atoms with Gasteiger partial charge < -0.3 is 4.90 Å². The zero-order valence-electron chi connectivity index (χ0n) is 14.5. The second kappa shape index (κ2) is 6.92. The first-order valence-corrected chi connectivity index (χ1v) is 8.20. The third-order valence-corrected chi connectivity index (χ3v) is 4.20. The summed E-state index contributed by atoms with van der Waals surface area (Å²) >= 11 is 0. The molecule has 136 valence electrons. The van der Waals surface area contributed by atoms with Crippen LogP contribution in [-0.4, -0.2) is 16.4 Å². The zero-order valence-corrected chi connectivity index (χ0v) is 14.5. The smallest absolute Gasteiger partial charge is 0.329 e. The largest absolute Gasteiger partial charge is 0.416 e. The molecule has 1 aromatic carbocycles. The predicted octanol–water partition coefficient (Wildman–Crippen LogP) is 2.24. The monoisotopic (exact) mass is 362 g/mol. The van der Waals surface area contributed by atoms with Gasteiger partial charge in [-0.15, -0.1) is 0 Å². The zero-order chi connectivity index (χ0) is 18.9. The van der Waals surface area contributed by atoms with E-state index in [1.54, 1.807) is 10.5 Å². The highest BCUT2D eigenvalue weighted by Crippen LogP contribution is 2.28. The molecule has 3 rings (SSSR count). The Labute approximate surface area is 148 Å². The van der Waals surface area contributed by atoms with Crippen LogP contribution in [0.2, 0.25) is 0 Å². The normalized spacial score (nSPS) is 13.1. The minimum atomic E-state index is -4.33. The van der Waals surface area contributed by atoms with E-state index in [2.05, 4.69) is 4.98 Å². The molecule has 0 aliphatic rings. The number of hydrogen-bond donors (Lipinski definition) is 1. The van der Waals surface area contributed by atoms with Gasteiger partial charge in [-0.2, -0.15) is 13.2 Å². The average Bonchev–Trinajstić information content (AvgIpc) is 2.54. The Morgan fingerprint density at radius 3 is 2.42 bits per heavy atom. The number of halogens is 3. The van der Waals surface area contributed by atoms with Crippen molar-refractivity contribution in [2.24, 2.45) is 0 Å². The Hall–Kier alpha value is -2.67. The summed E-state index contributed by atoms with van der Waals surface area (Å²) < 4.78 is 39.4. The van der Waals surface area contributed by atoms with E-state index in [0.717, 1.165) is 28.3 Å². The molecule has 0 bridgehead atoms. The molecule has 7 heteroatoms. The van der Waals surface area contributed by atoms with Crippen molar-refractivity contribution in [2.75, 3.05) is 7.05 Å². The van der Waals surface area contributed by atoms with E-state index < -0.39 is 11.7 Å². The number of nitrogens with one attached hydrogen (secondary N) is 1. The van der Waals surface area contributed by atoms with Gasteiger partial charge in [0, 0.05) is 17.3 Å². The van der Waals surface area contributed by atoms with Gasteiger partial charge in [-0.05, 0) is 31.2 Å². The lowest BCUT2D eigenvalue weighted by Gasteiger charge is -2.15. The van der Waals surface area contributed by atoms with E-state index in [-0.39, 0.29) is 5.56 Å². The van der Waals surface area contributed by atoms with Gasteiger partial charge in [0.05, 0.1) is 12.6 Å². The van der Waals surface area contributed by atoms with Crippen molar-refractivity contribution in [1.29, 1.82) is 0 Å². The van der Waals surface area contributed by atoms with Crippen LogP contribution in [0.25, 0.3) is 5.65 Å².